The van der Waals surface area contributed by atoms with E-state index in [2.05, 4.69) is 0 Å². The van der Waals surface area contributed by atoms with E-state index in [9.17, 15) is 24.7 Å². The van der Waals surface area contributed by atoms with Crippen LogP contribution < -0.4 is 15.0 Å². The van der Waals surface area contributed by atoms with E-state index in [1.165, 1.54) is 23.9 Å². The van der Waals surface area contributed by atoms with Crippen LogP contribution in [-0.4, -0.2) is 82.9 Å². The number of aliphatic hydroxyl groups is 3. The molecule has 4 rings (SSSR count). The maximum Gasteiger partial charge on any atom is 0.462 e. The maximum absolute atomic E-state index is 14.5. The van der Waals surface area contributed by atoms with Gasteiger partial charge in [0.05, 0.1) is 19.8 Å². The fraction of sp³-hybridized carbons (Fsp3) is 0.480. The Morgan fingerprint density at radius 2 is 1.82 bits per heavy atom. The van der Waals surface area contributed by atoms with Crippen molar-refractivity contribution >= 4 is 13.7 Å². The van der Waals surface area contributed by atoms with Gasteiger partial charge in [0.2, 0.25) is 0 Å². The van der Waals surface area contributed by atoms with Crippen molar-refractivity contribution in [3.05, 3.63) is 60.2 Å². The van der Waals surface area contributed by atoms with Gasteiger partial charge in [0.15, 0.2) is 6.29 Å². The van der Waals surface area contributed by atoms with Crippen LogP contribution in [0.2, 0.25) is 0 Å². The van der Waals surface area contributed by atoms with Crippen LogP contribution >= 0.6 is 7.75 Å². The second-order valence-corrected chi connectivity index (χ2v) is 10.9. The molecule has 5 N–H and O–H groups in total. The zero-order valence-electron chi connectivity index (χ0n) is 20.9. The third-order valence-electron chi connectivity index (χ3n) is 6.49. The van der Waals surface area contributed by atoms with Crippen LogP contribution in [0.1, 0.15) is 18.4 Å². The molecular weight excluding hydrogens is 519 g/mol. The van der Waals surface area contributed by atoms with Crippen molar-refractivity contribution in [2.24, 2.45) is 5.73 Å². The number of hydrogen-bond donors (Lipinski definition) is 4. The summed E-state index contributed by atoms with van der Waals surface area (Å²) in [7, 11) is -2.92. The molecule has 38 heavy (non-hydrogen) atoms. The summed E-state index contributed by atoms with van der Waals surface area (Å²) in [5.74, 6) is 0.0674. The first-order valence-electron chi connectivity index (χ1n) is 12.2. The molecular formula is C25H33N2O10P. The average molecular weight is 553 g/mol. The van der Waals surface area contributed by atoms with Gasteiger partial charge >= 0.3 is 13.7 Å². The molecule has 0 spiro atoms. The van der Waals surface area contributed by atoms with Gasteiger partial charge in [-0.3, -0.25) is 9.32 Å². The highest BCUT2D eigenvalue weighted by atomic mass is 31.2. The standard InChI is InChI=1S/C25H33N2O10P/c1-33-17-9-11-18(12-10-17)36-38(32,37-23-21(26)25(31)35-20(14-28)22(23)29)27-13-5-8-19(27)24(30)34-15-16-6-3-2-4-7-16/h2-4,6-7,9-12,19-23,25,28-29,31H,5,8,13-15,26H2,1H3/t19?,20-,21-,22-,23-,25+,38?/m1/s1. The Labute approximate surface area is 220 Å². The predicted octanol–water partition coefficient (Wildman–Crippen LogP) is 1.17. The van der Waals surface area contributed by atoms with E-state index in [-0.39, 0.29) is 18.9 Å². The van der Waals surface area contributed by atoms with Gasteiger partial charge in [0.25, 0.3) is 0 Å². The lowest BCUT2D eigenvalue weighted by atomic mass is 9.98. The van der Waals surface area contributed by atoms with Gasteiger partial charge in [-0.05, 0) is 42.7 Å². The van der Waals surface area contributed by atoms with Crippen LogP contribution in [0.25, 0.3) is 0 Å². The summed E-state index contributed by atoms with van der Waals surface area (Å²) < 4.78 is 43.3. The number of carbonyl (C=O) groups is 1. The molecule has 12 nitrogen and oxygen atoms in total. The molecule has 2 aliphatic rings. The molecule has 2 saturated heterocycles. The van der Waals surface area contributed by atoms with E-state index >= 15 is 0 Å². The highest BCUT2D eigenvalue weighted by molar-refractivity contribution is 7.51. The number of carbonyl (C=O) groups excluding carboxylic acids is 1. The molecule has 0 amide bonds. The molecule has 0 radical (unpaired) electrons. The topological polar surface area (TPSA) is 170 Å². The minimum Gasteiger partial charge on any atom is -0.497 e. The number of ether oxygens (including phenoxy) is 3. The Hall–Kier alpha value is -2.54. The van der Waals surface area contributed by atoms with Gasteiger partial charge in [-0.1, -0.05) is 30.3 Å². The highest BCUT2D eigenvalue weighted by Gasteiger charge is 2.52. The van der Waals surface area contributed by atoms with Gasteiger partial charge in [-0.2, -0.15) is 4.67 Å². The zero-order valence-corrected chi connectivity index (χ0v) is 21.8. The molecule has 2 aliphatic heterocycles. The molecule has 2 aromatic carbocycles. The monoisotopic (exact) mass is 552 g/mol. The smallest absolute Gasteiger partial charge is 0.462 e. The van der Waals surface area contributed by atoms with Crippen molar-refractivity contribution < 1.29 is 47.9 Å². The number of esters is 1. The summed E-state index contributed by atoms with van der Waals surface area (Å²) in [6.45, 7) is -0.450. The largest absolute Gasteiger partial charge is 0.497 e. The van der Waals surface area contributed by atoms with Crippen molar-refractivity contribution in [1.82, 2.24) is 4.67 Å². The molecule has 2 unspecified atom stereocenters. The lowest BCUT2D eigenvalue weighted by Crippen LogP contribution is -2.62. The molecule has 2 heterocycles. The van der Waals surface area contributed by atoms with Gasteiger partial charge in [0.1, 0.15) is 42.5 Å². The Morgan fingerprint density at radius 1 is 1.13 bits per heavy atom. The fourth-order valence-corrected chi connectivity index (χ4v) is 6.57. The summed E-state index contributed by atoms with van der Waals surface area (Å²) in [4.78, 5) is 13.1. The molecule has 13 heteroatoms. The van der Waals surface area contributed by atoms with E-state index in [1.807, 2.05) is 30.3 Å². The zero-order chi connectivity index (χ0) is 27.3. The minimum atomic E-state index is -4.42. The number of nitrogens with two attached hydrogens (primary N) is 1. The van der Waals surface area contributed by atoms with Crippen LogP contribution in [-0.2, 0) is 30.0 Å². The maximum atomic E-state index is 14.5. The fourth-order valence-electron chi connectivity index (χ4n) is 4.40. The molecule has 7 atom stereocenters. The summed E-state index contributed by atoms with van der Waals surface area (Å²) in [6, 6.07) is 13.1. The van der Waals surface area contributed by atoms with Gasteiger partial charge in [-0.25, -0.2) is 4.57 Å². The van der Waals surface area contributed by atoms with Crippen molar-refractivity contribution in [3.63, 3.8) is 0 Å². The number of nitrogens with zero attached hydrogens (tertiary/aromatic N) is 1. The van der Waals surface area contributed by atoms with Gasteiger partial charge in [-0.15, -0.1) is 0 Å². The summed E-state index contributed by atoms with van der Waals surface area (Å²) in [5, 5.41) is 30.5. The SMILES string of the molecule is COc1ccc(OP(=O)(O[C@@H]2[C@@H](N)[C@@H](O)O[C@H](CO)[C@H]2O)N2CCCC2C(=O)OCc2ccccc2)cc1. The molecule has 208 valence electrons. The van der Waals surface area contributed by atoms with Crippen LogP contribution in [0.4, 0.5) is 0 Å². The van der Waals surface area contributed by atoms with Crippen molar-refractivity contribution in [2.75, 3.05) is 20.3 Å². The van der Waals surface area contributed by atoms with E-state index < -0.39 is 57.0 Å². The number of hydrogen-bond acceptors (Lipinski definition) is 11. The van der Waals surface area contributed by atoms with Crippen LogP contribution in [0.5, 0.6) is 11.5 Å². The van der Waals surface area contributed by atoms with Crippen LogP contribution in [0, 0.1) is 0 Å². The first-order chi connectivity index (χ1) is 18.3. The lowest BCUT2D eigenvalue weighted by molar-refractivity contribution is -0.245. The summed E-state index contributed by atoms with van der Waals surface area (Å²) >= 11 is 0. The van der Waals surface area contributed by atoms with Crippen molar-refractivity contribution in [3.8, 4) is 11.5 Å². The predicted molar refractivity (Wildman–Crippen MR) is 134 cm³/mol. The molecule has 0 bridgehead atoms. The van der Waals surface area contributed by atoms with Crippen molar-refractivity contribution in [2.45, 2.75) is 56.1 Å². The Bertz CT molecular complexity index is 1110. The quantitative estimate of drug-likeness (QED) is 0.245. The van der Waals surface area contributed by atoms with E-state index in [0.29, 0.717) is 18.6 Å². The summed E-state index contributed by atoms with van der Waals surface area (Å²) in [6.07, 6.45) is -5.03. The number of methoxy groups -OCH3 is 1. The van der Waals surface area contributed by atoms with Crippen LogP contribution in [0.15, 0.2) is 54.6 Å². The van der Waals surface area contributed by atoms with Crippen LogP contribution in [0.3, 0.4) is 0 Å². The second-order valence-electron chi connectivity index (χ2n) is 9.04. The number of aliphatic hydroxyl groups excluding tert-OH is 3. The van der Waals surface area contributed by atoms with Crippen molar-refractivity contribution in [1.29, 1.82) is 0 Å². The average Bonchev–Trinajstić information content (AvgIpc) is 3.44. The molecule has 0 aromatic heterocycles. The third-order valence-corrected chi connectivity index (χ3v) is 8.55. The Morgan fingerprint density at radius 3 is 2.47 bits per heavy atom. The lowest BCUT2D eigenvalue weighted by Gasteiger charge is -2.42. The number of rotatable bonds is 10. The minimum absolute atomic E-state index is 0.0302. The highest BCUT2D eigenvalue weighted by Crippen LogP contribution is 2.57. The normalized spacial score (nSPS) is 29.4. The Kier molecular flexibility index (Phi) is 9.40. The second kappa shape index (κ2) is 12.5. The number of benzene rings is 2. The van der Waals surface area contributed by atoms with Gasteiger partial charge in [0, 0.05) is 6.54 Å². The first-order valence-corrected chi connectivity index (χ1v) is 13.7. The molecule has 0 aliphatic carbocycles. The first kappa shape index (κ1) is 28.5. The third kappa shape index (κ3) is 6.36. The van der Waals surface area contributed by atoms with E-state index in [4.69, 9.17) is 29.0 Å². The van der Waals surface area contributed by atoms with E-state index in [0.717, 1.165) is 5.56 Å². The summed E-state index contributed by atoms with van der Waals surface area (Å²) in [5.41, 5.74) is 6.82. The molecule has 2 fully saturated rings. The van der Waals surface area contributed by atoms with Gasteiger partial charge < -0.3 is 39.8 Å². The molecule has 2 aromatic rings. The molecule has 0 saturated carbocycles. The van der Waals surface area contributed by atoms with E-state index in [1.54, 1.807) is 12.1 Å². The Balaban J connectivity index is 1.61.